The molecular weight excluding hydrogens is 337 g/mol. The molecule has 1 saturated heterocycles. The molecular formula is C14H26IN3. The number of halogens is 1. The molecule has 2 N–H and O–H groups in total. The minimum Gasteiger partial charge on any atom is -0.370 e. The van der Waals surface area contributed by atoms with Gasteiger partial charge in [0.05, 0.1) is 0 Å². The largest absolute Gasteiger partial charge is 0.370 e. The van der Waals surface area contributed by atoms with Gasteiger partial charge in [-0.2, -0.15) is 0 Å². The van der Waals surface area contributed by atoms with E-state index in [1.54, 1.807) is 0 Å². The molecule has 4 heteroatoms. The van der Waals surface area contributed by atoms with Gasteiger partial charge in [-0.1, -0.05) is 39.5 Å². The number of rotatable bonds is 1. The predicted molar refractivity (Wildman–Crippen MR) is 89.2 cm³/mol. The number of nitrogens with zero attached hydrogens (tertiary/aromatic N) is 2. The Morgan fingerprint density at radius 1 is 1.22 bits per heavy atom. The Morgan fingerprint density at radius 3 is 2.11 bits per heavy atom. The fourth-order valence-corrected chi connectivity index (χ4v) is 1.99. The summed E-state index contributed by atoms with van der Waals surface area (Å²) in [6.07, 6.45) is 10.5. The van der Waals surface area contributed by atoms with Crippen LogP contribution in [0.2, 0.25) is 0 Å². The Kier molecular flexibility index (Phi) is 7.69. The van der Waals surface area contributed by atoms with E-state index in [4.69, 9.17) is 12.2 Å². The van der Waals surface area contributed by atoms with Crippen LogP contribution in [0.1, 0.15) is 46.5 Å². The number of terminal acetylenes is 1. The number of guanidine groups is 1. The zero-order chi connectivity index (χ0) is 12.9. The van der Waals surface area contributed by atoms with Gasteiger partial charge in [0.25, 0.3) is 0 Å². The zero-order valence-electron chi connectivity index (χ0n) is 11.8. The van der Waals surface area contributed by atoms with Crippen molar-refractivity contribution >= 4 is 29.9 Å². The fraction of sp³-hybridized carbons (Fsp3) is 0.786. The third-order valence-corrected chi connectivity index (χ3v) is 3.17. The zero-order valence-corrected chi connectivity index (χ0v) is 14.1. The molecule has 104 valence electrons. The van der Waals surface area contributed by atoms with Crippen LogP contribution in [-0.4, -0.2) is 30.0 Å². The molecule has 1 heterocycles. The van der Waals surface area contributed by atoms with Crippen LogP contribution in [0.4, 0.5) is 0 Å². The number of hydrogen-bond acceptors (Lipinski definition) is 1. The maximum absolute atomic E-state index is 6.07. The molecule has 0 bridgehead atoms. The van der Waals surface area contributed by atoms with Gasteiger partial charge in [0.15, 0.2) is 5.96 Å². The van der Waals surface area contributed by atoms with Gasteiger partial charge in [0.2, 0.25) is 0 Å². The van der Waals surface area contributed by atoms with E-state index in [-0.39, 0.29) is 35.4 Å². The molecule has 1 unspecified atom stereocenters. The number of hydrogen-bond donors (Lipinski definition) is 1. The smallest absolute Gasteiger partial charge is 0.192 e. The second-order valence-electron chi connectivity index (χ2n) is 5.82. The summed E-state index contributed by atoms with van der Waals surface area (Å²) in [6.45, 7) is 8.30. The van der Waals surface area contributed by atoms with Crippen molar-refractivity contribution in [3.05, 3.63) is 0 Å². The topological polar surface area (TPSA) is 41.6 Å². The molecule has 0 saturated carbocycles. The first-order chi connectivity index (χ1) is 7.95. The second kappa shape index (κ2) is 7.88. The summed E-state index contributed by atoms with van der Waals surface area (Å²) in [5, 5.41) is 0. The number of aliphatic imine (C=N–C) groups is 1. The Bertz CT molecular complexity index is 304. The Morgan fingerprint density at radius 2 is 1.72 bits per heavy atom. The fourth-order valence-electron chi connectivity index (χ4n) is 1.99. The number of likely N-dealkylation sites (tertiary alicyclic amines) is 1. The maximum atomic E-state index is 6.07. The first-order valence-corrected chi connectivity index (χ1v) is 6.49. The van der Waals surface area contributed by atoms with Crippen molar-refractivity contribution in [1.82, 2.24) is 4.90 Å². The van der Waals surface area contributed by atoms with E-state index in [2.05, 4.69) is 36.6 Å². The van der Waals surface area contributed by atoms with E-state index >= 15 is 0 Å². The van der Waals surface area contributed by atoms with E-state index < -0.39 is 0 Å². The lowest BCUT2D eigenvalue weighted by Crippen LogP contribution is -2.40. The highest BCUT2D eigenvalue weighted by Crippen LogP contribution is 2.22. The van der Waals surface area contributed by atoms with E-state index in [1.165, 1.54) is 25.7 Å². The molecule has 3 nitrogen and oxygen atoms in total. The molecule has 0 aromatic heterocycles. The van der Waals surface area contributed by atoms with Crippen LogP contribution in [0, 0.1) is 17.8 Å². The van der Waals surface area contributed by atoms with Gasteiger partial charge in [-0.15, -0.1) is 30.4 Å². The summed E-state index contributed by atoms with van der Waals surface area (Å²) in [4.78, 5) is 6.69. The summed E-state index contributed by atoms with van der Waals surface area (Å²) in [5.41, 5.74) is 6.03. The third kappa shape index (κ3) is 5.47. The summed E-state index contributed by atoms with van der Waals surface area (Å²) in [7, 11) is 0. The van der Waals surface area contributed by atoms with Crippen LogP contribution in [0.15, 0.2) is 4.99 Å². The highest BCUT2D eigenvalue weighted by molar-refractivity contribution is 14.0. The van der Waals surface area contributed by atoms with Gasteiger partial charge in [0.1, 0.15) is 6.04 Å². The molecule has 0 aromatic rings. The molecule has 1 rings (SSSR count). The van der Waals surface area contributed by atoms with Crippen LogP contribution < -0.4 is 5.73 Å². The monoisotopic (exact) mass is 363 g/mol. The van der Waals surface area contributed by atoms with Gasteiger partial charge in [-0.25, -0.2) is 4.99 Å². The van der Waals surface area contributed by atoms with Gasteiger partial charge >= 0.3 is 0 Å². The summed E-state index contributed by atoms with van der Waals surface area (Å²) < 4.78 is 0. The molecule has 1 atom stereocenters. The molecule has 18 heavy (non-hydrogen) atoms. The van der Waals surface area contributed by atoms with Gasteiger partial charge in [0, 0.05) is 13.1 Å². The van der Waals surface area contributed by atoms with E-state index in [1.807, 2.05) is 0 Å². The minimum atomic E-state index is -0.147. The molecule has 1 aliphatic rings. The average molecular weight is 363 g/mol. The second-order valence-corrected chi connectivity index (χ2v) is 5.82. The molecule has 0 amide bonds. The molecule has 0 aromatic carbocycles. The Hall–Kier alpha value is -0.440. The van der Waals surface area contributed by atoms with Gasteiger partial charge < -0.3 is 10.6 Å². The lowest BCUT2D eigenvalue weighted by Gasteiger charge is -2.26. The van der Waals surface area contributed by atoms with Crippen molar-refractivity contribution in [2.45, 2.75) is 52.5 Å². The SMILES string of the molecule is C#CC(N=C(N)N1CCCCCC1)C(C)(C)C.I. The van der Waals surface area contributed by atoms with Gasteiger partial charge in [-0.05, 0) is 18.3 Å². The predicted octanol–water partition coefficient (Wildman–Crippen LogP) is 2.84. The minimum absolute atomic E-state index is 0. The standard InChI is InChI=1S/C14H25N3.HI/c1-5-12(14(2,3)4)16-13(15)17-10-8-6-7-9-11-17;/h1,12H,6-11H2,2-4H3,(H2,15,16);1H. The van der Waals surface area contributed by atoms with E-state index in [9.17, 15) is 0 Å². The number of nitrogens with two attached hydrogens (primary N) is 1. The highest BCUT2D eigenvalue weighted by atomic mass is 127. The first kappa shape index (κ1) is 17.6. The van der Waals surface area contributed by atoms with Crippen molar-refractivity contribution in [3.8, 4) is 12.3 Å². The van der Waals surface area contributed by atoms with Crippen LogP contribution in [-0.2, 0) is 0 Å². The Balaban J connectivity index is 0.00000289. The van der Waals surface area contributed by atoms with E-state index in [0.717, 1.165) is 13.1 Å². The molecule has 0 spiro atoms. The van der Waals surface area contributed by atoms with Crippen LogP contribution >= 0.6 is 24.0 Å². The summed E-state index contributed by atoms with van der Waals surface area (Å²) in [6, 6.07) is -0.147. The average Bonchev–Trinajstić information content (AvgIpc) is 2.52. The first-order valence-electron chi connectivity index (χ1n) is 6.49. The molecule has 0 aliphatic carbocycles. The highest BCUT2D eigenvalue weighted by Gasteiger charge is 2.23. The maximum Gasteiger partial charge on any atom is 0.192 e. The van der Waals surface area contributed by atoms with Crippen molar-refractivity contribution in [2.24, 2.45) is 16.1 Å². The normalized spacial score (nSPS) is 19.4. The third-order valence-electron chi connectivity index (χ3n) is 3.17. The van der Waals surface area contributed by atoms with Crippen molar-refractivity contribution in [2.75, 3.05) is 13.1 Å². The van der Waals surface area contributed by atoms with Crippen LogP contribution in [0.5, 0.6) is 0 Å². The van der Waals surface area contributed by atoms with Crippen molar-refractivity contribution in [3.63, 3.8) is 0 Å². The van der Waals surface area contributed by atoms with Crippen molar-refractivity contribution in [1.29, 1.82) is 0 Å². The lowest BCUT2D eigenvalue weighted by molar-refractivity contribution is 0.365. The summed E-state index contributed by atoms with van der Waals surface area (Å²) >= 11 is 0. The van der Waals surface area contributed by atoms with E-state index in [0.29, 0.717) is 5.96 Å². The quantitative estimate of drug-likeness (QED) is 0.337. The molecule has 1 aliphatic heterocycles. The molecule has 0 radical (unpaired) electrons. The van der Waals surface area contributed by atoms with Crippen molar-refractivity contribution < 1.29 is 0 Å². The lowest BCUT2D eigenvalue weighted by atomic mass is 9.88. The van der Waals surface area contributed by atoms with Crippen LogP contribution in [0.25, 0.3) is 0 Å². The summed E-state index contributed by atoms with van der Waals surface area (Å²) in [5.74, 6) is 3.35. The Labute approximate surface area is 129 Å². The van der Waals surface area contributed by atoms with Gasteiger partial charge in [-0.3, -0.25) is 0 Å². The van der Waals surface area contributed by atoms with Crippen LogP contribution in [0.3, 0.4) is 0 Å². The molecule has 1 fully saturated rings.